The highest BCUT2D eigenvalue weighted by Crippen LogP contribution is 2.03. The van der Waals surface area contributed by atoms with Gasteiger partial charge in [-0.25, -0.2) is 0 Å². The minimum atomic E-state index is 0.571. The summed E-state index contributed by atoms with van der Waals surface area (Å²) in [6.07, 6.45) is 0. The number of nitrogens with one attached hydrogen (secondary N) is 1. The number of hydrogen-bond donors (Lipinski definition) is 1. The van der Waals surface area contributed by atoms with Crippen LogP contribution in [0, 0.1) is 0 Å². The summed E-state index contributed by atoms with van der Waals surface area (Å²) in [5.41, 5.74) is 0. The summed E-state index contributed by atoms with van der Waals surface area (Å²) in [7, 11) is 1.97. The van der Waals surface area contributed by atoms with E-state index >= 15 is 0 Å². The van der Waals surface area contributed by atoms with E-state index in [1.54, 1.807) is 0 Å². The SMILES string of the molecule is CNCN1CCOCC1C. The van der Waals surface area contributed by atoms with Crippen LogP contribution in [0.1, 0.15) is 6.92 Å². The van der Waals surface area contributed by atoms with Gasteiger partial charge in [0.2, 0.25) is 0 Å². The van der Waals surface area contributed by atoms with E-state index in [9.17, 15) is 0 Å². The van der Waals surface area contributed by atoms with Crippen molar-refractivity contribution in [1.29, 1.82) is 0 Å². The Balaban J connectivity index is 2.25. The monoisotopic (exact) mass is 144 g/mol. The first-order chi connectivity index (χ1) is 4.84. The normalized spacial score (nSPS) is 28.8. The Morgan fingerprint density at radius 1 is 1.70 bits per heavy atom. The predicted molar refractivity (Wildman–Crippen MR) is 40.9 cm³/mol. The van der Waals surface area contributed by atoms with E-state index < -0.39 is 0 Å². The molecule has 0 bridgehead atoms. The molecule has 0 saturated carbocycles. The van der Waals surface area contributed by atoms with Crippen molar-refractivity contribution in [3.63, 3.8) is 0 Å². The topological polar surface area (TPSA) is 24.5 Å². The lowest BCUT2D eigenvalue weighted by Gasteiger charge is -2.32. The molecular weight excluding hydrogens is 128 g/mol. The molecule has 0 spiro atoms. The summed E-state index contributed by atoms with van der Waals surface area (Å²) < 4.78 is 5.29. The van der Waals surface area contributed by atoms with Gasteiger partial charge in [-0.15, -0.1) is 0 Å². The molecule has 1 saturated heterocycles. The first-order valence-electron chi connectivity index (χ1n) is 3.81. The highest BCUT2D eigenvalue weighted by atomic mass is 16.5. The number of rotatable bonds is 2. The smallest absolute Gasteiger partial charge is 0.0620 e. The summed E-state index contributed by atoms with van der Waals surface area (Å²) in [6.45, 7) is 5.98. The van der Waals surface area contributed by atoms with E-state index in [-0.39, 0.29) is 0 Å². The molecule has 0 aromatic heterocycles. The minimum absolute atomic E-state index is 0.571. The lowest BCUT2D eigenvalue weighted by atomic mass is 10.3. The highest BCUT2D eigenvalue weighted by Gasteiger charge is 2.16. The molecule has 0 aromatic rings. The van der Waals surface area contributed by atoms with Crippen LogP contribution in [-0.4, -0.2) is 44.4 Å². The van der Waals surface area contributed by atoms with Crippen molar-refractivity contribution >= 4 is 0 Å². The molecule has 1 N–H and O–H groups in total. The van der Waals surface area contributed by atoms with Crippen LogP contribution in [0.2, 0.25) is 0 Å². The van der Waals surface area contributed by atoms with Gasteiger partial charge in [0, 0.05) is 19.3 Å². The van der Waals surface area contributed by atoms with Gasteiger partial charge in [0.15, 0.2) is 0 Å². The van der Waals surface area contributed by atoms with Crippen molar-refractivity contribution < 1.29 is 4.74 Å². The minimum Gasteiger partial charge on any atom is -0.379 e. The summed E-state index contributed by atoms with van der Waals surface area (Å²) in [4.78, 5) is 2.38. The van der Waals surface area contributed by atoms with Crippen molar-refractivity contribution in [3.05, 3.63) is 0 Å². The van der Waals surface area contributed by atoms with Crippen molar-refractivity contribution in [2.24, 2.45) is 0 Å². The van der Waals surface area contributed by atoms with Gasteiger partial charge < -0.3 is 10.1 Å². The molecule has 3 nitrogen and oxygen atoms in total. The van der Waals surface area contributed by atoms with Crippen LogP contribution in [0.15, 0.2) is 0 Å². The number of hydrogen-bond acceptors (Lipinski definition) is 3. The average molecular weight is 144 g/mol. The van der Waals surface area contributed by atoms with Crippen LogP contribution in [0.3, 0.4) is 0 Å². The van der Waals surface area contributed by atoms with Crippen LogP contribution in [0.4, 0.5) is 0 Å². The van der Waals surface area contributed by atoms with Gasteiger partial charge >= 0.3 is 0 Å². The molecule has 1 rings (SSSR count). The molecule has 10 heavy (non-hydrogen) atoms. The third-order valence-corrected chi connectivity index (χ3v) is 1.87. The van der Waals surface area contributed by atoms with Gasteiger partial charge in [-0.3, -0.25) is 4.90 Å². The Kier molecular flexibility index (Phi) is 3.12. The summed E-state index contributed by atoms with van der Waals surface area (Å²) >= 11 is 0. The van der Waals surface area contributed by atoms with Crippen LogP contribution >= 0.6 is 0 Å². The Labute approximate surface area is 62.3 Å². The molecular formula is C7H16N2O. The molecule has 1 aliphatic heterocycles. The zero-order chi connectivity index (χ0) is 7.40. The zero-order valence-corrected chi connectivity index (χ0v) is 6.76. The van der Waals surface area contributed by atoms with E-state index in [2.05, 4.69) is 17.1 Å². The molecule has 1 fully saturated rings. The van der Waals surface area contributed by atoms with Gasteiger partial charge in [0.05, 0.1) is 13.2 Å². The van der Waals surface area contributed by atoms with E-state index in [4.69, 9.17) is 4.74 Å². The standard InChI is InChI=1S/C7H16N2O/c1-7-5-10-4-3-9(7)6-8-2/h7-8H,3-6H2,1-2H3. The Morgan fingerprint density at radius 3 is 3.10 bits per heavy atom. The molecule has 0 amide bonds. The molecule has 3 heteroatoms. The summed E-state index contributed by atoms with van der Waals surface area (Å²) in [5.74, 6) is 0. The molecule has 0 aromatic carbocycles. The lowest BCUT2D eigenvalue weighted by molar-refractivity contribution is -0.00289. The first-order valence-corrected chi connectivity index (χ1v) is 3.81. The highest BCUT2D eigenvalue weighted by molar-refractivity contribution is 4.68. The fraction of sp³-hybridized carbons (Fsp3) is 1.00. The number of ether oxygens (including phenoxy) is 1. The Bertz CT molecular complexity index is 95.6. The third kappa shape index (κ3) is 1.94. The van der Waals surface area contributed by atoms with Crippen LogP contribution in [0.25, 0.3) is 0 Å². The third-order valence-electron chi connectivity index (χ3n) is 1.87. The van der Waals surface area contributed by atoms with Gasteiger partial charge in [0.25, 0.3) is 0 Å². The average Bonchev–Trinajstić information content (AvgIpc) is 1.94. The van der Waals surface area contributed by atoms with Gasteiger partial charge in [0.1, 0.15) is 0 Å². The second-order valence-electron chi connectivity index (χ2n) is 2.75. The molecule has 1 atom stereocenters. The maximum atomic E-state index is 5.29. The van der Waals surface area contributed by atoms with E-state index in [1.165, 1.54) is 0 Å². The maximum absolute atomic E-state index is 5.29. The number of morpholine rings is 1. The summed E-state index contributed by atoms with van der Waals surface area (Å²) in [6, 6.07) is 0.571. The quantitative estimate of drug-likeness (QED) is 0.585. The zero-order valence-electron chi connectivity index (χ0n) is 6.76. The second kappa shape index (κ2) is 3.91. The Morgan fingerprint density at radius 2 is 2.50 bits per heavy atom. The largest absolute Gasteiger partial charge is 0.379 e. The predicted octanol–water partition coefficient (Wildman–Crippen LogP) is -0.116. The van der Waals surface area contributed by atoms with Crippen LogP contribution in [0.5, 0.6) is 0 Å². The van der Waals surface area contributed by atoms with Crippen molar-refractivity contribution in [1.82, 2.24) is 10.2 Å². The first kappa shape index (κ1) is 7.98. The molecule has 0 aliphatic carbocycles. The van der Waals surface area contributed by atoms with Crippen molar-refractivity contribution in [2.45, 2.75) is 13.0 Å². The van der Waals surface area contributed by atoms with Gasteiger partial charge in [-0.05, 0) is 14.0 Å². The van der Waals surface area contributed by atoms with Crippen molar-refractivity contribution in [3.8, 4) is 0 Å². The Hall–Kier alpha value is -0.120. The molecule has 1 unspecified atom stereocenters. The fourth-order valence-corrected chi connectivity index (χ4v) is 1.20. The van der Waals surface area contributed by atoms with E-state index in [1.807, 2.05) is 7.05 Å². The number of nitrogens with zero attached hydrogens (tertiary/aromatic N) is 1. The van der Waals surface area contributed by atoms with Gasteiger partial charge in [-0.2, -0.15) is 0 Å². The molecule has 1 aliphatic rings. The lowest BCUT2D eigenvalue weighted by Crippen LogP contribution is -2.47. The second-order valence-corrected chi connectivity index (χ2v) is 2.75. The maximum Gasteiger partial charge on any atom is 0.0620 e. The van der Waals surface area contributed by atoms with Crippen LogP contribution in [-0.2, 0) is 4.74 Å². The van der Waals surface area contributed by atoms with E-state index in [0.717, 1.165) is 26.4 Å². The molecule has 60 valence electrons. The van der Waals surface area contributed by atoms with E-state index in [0.29, 0.717) is 6.04 Å². The van der Waals surface area contributed by atoms with Gasteiger partial charge in [-0.1, -0.05) is 0 Å². The summed E-state index contributed by atoms with van der Waals surface area (Å²) in [5, 5.41) is 3.14. The molecule has 0 radical (unpaired) electrons. The van der Waals surface area contributed by atoms with Crippen LogP contribution < -0.4 is 5.32 Å². The fourth-order valence-electron chi connectivity index (χ4n) is 1.20. The van der Waals surface area contributed by atoms with Crippen molar-refractivity contribution in [2.75, 3.05) is 33.5 Å². The molecule has 1 heterocycles.